The van der Waals surface area contributed by atoms with E-state index in [0.29, 0.717) is 30.3 Å². The number of amides is 1. The Balaban J connectivity index is 1.32. The molecule has 0 radical (unpaired) electrons. The van der Waals surface area contributed by atoms with E-state index in [-0.39, 0.29) is 42.0 Å². The minimum Gasteiger partial charge on any atom is -0.487 e. The van der Waals surface area contributed by atoms with Gasteiger partial charge in [-0.15, -0.1) is 0 Å². The van der Waals surface area contributed by atoms with Crippen LogP contribution >= 0.6 is 0 Å². The number of fused-ring (bicyclic) bond motifs is 3. The van der Waals surface area contributed by atoms with Gasteiger partial charge in [0.25, 0.3) is 10.0 Å². The first-order chi connectivity index (χ1) is 15.9. The summed E-state index contributed by atoms with van der Waals surface area (Å²) in [6, 6.07) is 13.4. The summed E-state index contributed by atoms with van der Waals surface area (Å²) in [5.74, 6) is 1.09. The number of ether oxygens (including phenoxy) is 2. The highest BCUT2D eigenvalue weighted by Crippen LogP contribution is 2.47. The number of hydrogen-bond donors (Lipinski definition) is 3. The lowest BCUT2D eigenvalue weighted by atomic mass is 9.84. The first kappa shape index (κ1) is 22.2. The number of carbonyl (C=O) groups is 1. The van der Waals surface area contributed by atoms with Gasteiger partial charge >= 0.3 is 0 Å². The monoisotopic (exact) mass is 472 g/mol. The van der Waals surface area contributed by atoms with Crippen molar-refractivity contribution in [3.05, 3.63) is 54.1 Å². The molecule has 4 atom stereocenters. The van der Waals surface area contributed by atoms with Gasteiger partial charge in [-0.05, 0) is 55.5 Å². The fraction of sp³-hybridized carbons (Fsp3) is 0.458. The van der Waals surface area contributed by atoms with Gasteiger partial charge in [0.15, 0.2) is 0 Å². The molecule has 1 aliphatic carbocycles. The summed E-state index contributed by atoms with van der Waals surface area (Å²) < 4.78 is 40.2. The number of hydrogen-bond acceptors (Lipinski definition) is 6. The Kier molecular flexibility index (Phi) is 6.03. The lowest BCUT2D eigenvalue weighted by Gasteiger charge is -2.37. The first-order valence-corrected chi connectivity index (χ1v) is 12.8. The highest BCUT2D eigenvalue weighted by atomic mass is 32.2. The van der Waals surface area contributed by atoms with Gasteiger partial charge in [-0.1, -0.05) is 18.2 Å². The molecule has 5 rings (SSSR count). The van der Waals surface area contributed by atoms with Gasteiger partial charge in [-0.3, -0.25) is 9.52 Å². The third-order valence-corrected chi connectivity index (χ3v) is 7.90. The van der Waals surface area contributed by atoms with Crippen molar-refractivity contribution in [2.75, 3.05) is 17.9 Å². The first-order valence-electron chi connectivity index (χ1n) is 11.3. The summed E-state index contributed by atoms with van der Waals surface area (Å²) in [5.41, 5.74) is 1.30. The van der Waals surface area contributed by atoms with Crippen LogP contribution in [0.15, 0.2) is 53.4 Å². The Labute approximate surface area is 193 Å². The van der Waals surface area contributed by atoms with E-state index in [1.807, 2.05) is 0 Å². The molecular formula is C24H28N2O6S. The summed E-state index contributed by atoms with van der Waals surface area (Å²) in [6.45, 7) is 0.487. The van der Waals surface area contributed by atoms with E-state index in [0.717, 1.165) is 5.56 Å². The quantitative estimate of drug-likeness (QED) is 0.544. The van der Waals surface area contributed by atoms with Crippen LogP contribution in [0.25, 0.3) is 0 Å². The second-order valence-corrected chi connectivity index (χ2v) is 10.7. The number of sulfonamides is 1. The Morgan fingerprint density at radius 3 is 2.64 bits per heavy atom. The molecule has 2 heterocycles. The highest BCUT2D eigenvalue weighted by Gasteiger charge is 2.46. The van der Waals surface area contributed by atoms with Crippen LogP contribution in [0.4, 0.5) is 5.69 Å². The predicted octanol–water partition coefficient (Wildman–Crippen LogP) is 2.40. The molecule has 2 aromatic carbocycles. The number of aliphatic hydroxyl groups excluding tert-OH is 1. The molecule has 3 aliphatic rings. The van der Waals surface area contributed by atoms with E-state index in [1.165, 1.54) is 25.0 Å². The zero-order valence-corrected chi connectivity index (χ0v) is 19.0. The maximum atomic E-state index is 12.7. The van der Waals surface area contributed by atoms with Crippen LogP contribution < -0.4 is 14.8 Å². The lowest BCUT2D eigenvalue weighted by molar-refractivity contribution is -0.142. The van der Waals surface area contributed by atoms with Crippen LogP contribution in [0.1, 0.15) is 37.2 Å². The fourth-order valence-electron chi connectivity index (χ4n) is 4.63. The van der Waals surface area contributed by atoms with Crippen molar-refractivity contribution in [2.45, 2.75) is 54.8 Å². The Bertz CT molecular complexity index is 1120. The van der Waals surface area contributed by atoms with E-state index < -0.39 is 16.1 Å². The zero-order valence-electron chi connectivity index (χ0n) is 18.1. The summed E-state index contributed by atoms with van der Waals surface area (Å²) in [5, 5.41) is 12.9. The molecule has 0 unspecified atom stereocenters. The smallest absolute Gasteiger partial charge is 0.261 e. The number of anilines is 1. The van der Waals surface area contributed by atoms with Crippen molar-refractivity contribution in [2.24, 2.45) is 5.92 Å². The summed E-state index contributed by atoms with van der Waals surface area (Å²) in [6.07, 6.45) is 1.84. The second-order valence-electron chi connectivity index (χ2n) is 9.03. The highest BCUT2D eigenvalue weighted by molar-refractivity contribution is 7.92. The van der Waals surface area contributed by atoms with E-state index in [4.69, 9.17) is 9.47 Å². The number of benzene rings is 2. The third kappa shape index (κ3) is 4.85. The second kappa shape index (κ2) is 8.96. The van der Waals surface area contributed by atoms with E-state index >= 15 is 0 Å². The maximum Gasteiger partial charge on any atom is 0.261 e. The fourth-order valence-corrected chi connectivity index (χ4v) is 5.70. The molecule has 2 fully saturated rings. The maximum absolute atomic E-state index is 12.7. The summed E-state index contributed by atoms with van der Waals surface area (Å²) in [7, 11) is -3.72. The van der Waals surface area contributed by atoms with Crippen molar-refractivity contribution in [3.63, 3.8) is 0 Å². The van der Waals surface area contributed by atoms with Gasteiger partial charge < -0.3 is 19.9 Å². The molecule has 8 nitrogen and oxygen atoms in total. The van der Waals surface area contributed by atoms with Gasteiger partial charge in [-0.25, -0.2) is 8.42 Å². The van der Waals surface area contributed by atoms with Crippen LogP contribution in [0.2, 0.25) is 0 Å². The summed E-state index contributed by atoms with van der Waals surface area (Å²) >= 11 is 0. The van der Waals surface area contributed by atoms with Gasteiger partial charge in [0.2, 0.25) is 5.91 Å². The molecule has 33 heavy (non-hydrogen) atoms. The molecule has 176 valence electrons. The molecule has 9 heteroatoms. The average Bonchev–Trinajstić information content (AvgIpc) is 3.58. The van der Waals surface area contributed by atoms with Crippen LogP contribution in [-0.4, -0.2) is 50.9 Å². The van der Waals surface area contributed by atoms with Crippen LogP contribution in [0.5, 0.6) is 5.75 Å². The van der Waals surface area contributed by atoms with E-state index in [1.54, 1.807) is 36.4 Å². The van der Waals surface area contributed by atoms with Crippen LogP contribution in [-0.2, 0) is 19.6 Å². The topological polar surface area (TPSA) is 114 Å². The van der Waals surface area contributed by atoms with Gasteiger partial charge in [-0.2, -0.15) is 0 Å². The standard InChI is InChI=1S/C24H28N2O6S/c27-14-22-24-20(11-17(31-22)12-23(28)25-13-15-6-7-15)19-10-16(8-9-21(19)32-24)26-33(29,30)18-4-2-1-3-5-18/h1-5,8-10,15,17,20,22,24,26-27H,6-7,11-14H2,(H,25,28)/t17-,20+,22-,24-/m1/s1. The van der Waals surface area contributed by atoms with Gasteiger partial charge in [0, 0.05) is 23.7 Å². The van der Waals surface area contributed by atoms with E-state index in [9.17, 15) is 18.3 Å². The van der Waals surface area contributed by atoms with E-state index in [2.05, 4.69) is 10.0 Å². The Morgan fingerprint density at radius 1 is 1.12 bits per heavy atom. The van der Waals surface area contributed by atoms with Crippen molar-refractivity contribution < 1.29 is 27.8 Å². The van der Waals surface area contributed by atoms with Crippen LogP contribution in [0.3, 0.4) is 0 Å². The summed E-state index contributed by atoms with van der Waals surface area (Å²) in [4.78, 5) is 12.5. The molecule has 2 aromatic rings. The molecule has 0 bridgehead atoms. The van der Waals surface area contributed by atoms with Crippen molar-refractivity contribution in [1.29, 1.82) is 0 Å². The van der Waals surface area contributed by atoms with Gasteiger partial charge in [0.05, 0.1) is 24.0 Å². The van der Waals surface area contributed by atoms with Gasteiger partial charge in [0.1, 0.15) is 18.0 Å². The predicted molar refractivity (Wildman–Crippen MR) is 122 cm³/mol. The largest absolute Gasteiger partial charge is 0.487 e. The Hall–Kier alpha value is -2.62. The molecule has 1 saturated heterocycles. The molecule has 2 aliphatic heterocycles. The average molecular weight is 473 g/mol. The third-order valence-electron chi connectivity index (χ3n) is 6.50. The minimum atomic E-state index is -3.72. The SMILES string of the molecule is O=C(C[C@H]1C[C@H]2c3cc(NS(=O)(=O)c4ccccc4)ccc3O[C@H]2[C@@H](CO)O1)NCC1CC1. The van der Waals surface area contributed by atoms with Crippen LogP contribution in [0, 0.1) is 5.92 Å². The normalized spacial score (nSPS) is 26.1. The Morgan fingerprint density at radius 2 is 1.91 bits per heavy atom. The molecule has 3 N–H and O–H groups in total. The van der Waals surface area contributed by atoms with Crippen molar-refractivity contribution in [3.8, 4) is 5.75 Å². The zero-order chi connectivity index (χ0) is 23.0. The number of nitrogens with one attached hydrogen (secondary N) is 2. The van der Waals surface area contributed by atoms with Crippen molar-refractivity contribution >= 4 is 21.6 Å². The molecule has 1 saturated carbocycles. The number of rotatable bonds is 8. The molecular weight excluding hydrogens is 444 g/mol. The number of carbonyl (C=O) groups excluding carboxylic acids is 1. The molecule has 0 aromatic heterocycles. The number of aliphatic hydroxyl groups is 1. The molecule has 0 spiro atoms. The molecule has 1 amide bonds. The van der Waals surface area contributed by atoms with Crippen molar-refractivity contribution in [1.82, 2.24) is 5.32 Å². The minimum absolute atomic E-state index is 0.0504. The lowest BCUT2D eigenvalue weighted by Crippen LogP contribution is -2.47.